The SMILES string of the molecule is C=CC1(c2ccccc2)CC1(Cl)Cl. The quantitative estimate of drug-likeness (QED) is 0.519. The lowest BCUT2D eigenvalue weighted by molar-refractivity contribution is 0.878. The number of rotatable bonds is 2. The van der Waals surface area contributed by atoms with E-state index in [1.165, 1.54) is 0 Å². The first-order valence-electron chi connectivity index (χ1n) is 4.19. The summed E-state index contributed by atoms with van der Waals surface area (Å²) in [5.74, 6) is 0. The second-order valence-electron chi connectivity index (χ2n) is 3.42. The lowest BCUT2D eigenvalue weighted by Crippen LogP contribution is -2.10. The van der Waals surface area contributed by atoms with Crippen LogP contribution in [0.2, 0.25) is 0 Å². The maximum Gasteiger partial charge on any atom is 0.132 e. The van der Waals surface area contributed by atoms with Crippen LogP contribution in [0.1, 0.15) is 12.0 Å². The van der Waals surface area contributed by atoms with E-state index in [0.29, 0.717) is 0 Å². The van der Waals surface area contributed by atoms with Gasteiger partial charge in [0, 0.05) is 5.41 Å². The van der Waals surface area contributed by atoms with Crippen molar-refractivity contribution in [1.82, 2.24) is 0 Å². The van der Waals surface area contributed by atoms with Crippen LogP contribution in [0.15, 0.2) is 43.0 Å². The van der Waals surface area contributed by atoms with E-state index in [0.717, 1.165) is 12.0 Å². The van der Waals surface area contributed by atoms with E-state index in [2.05, 4.69) is 6.58 Å². The van der Waals surface area contributed by atoms with Gasteiger partial charge < -0.3 is 0 Å². The molecule has 1 atom stereocenters. The molecule has 0 radical (unpaired) electrons. The van der Waals surface area contributed by atoms with Crippen LogP contribution in [0.4, 0.5) is 0 Å². The van der Waals surface area contributed by atoms with E-state index in [4.69, 9.17) is 23.2 Å². The molecule has 1 unspecified atom stereocenters. The normalized spacial score (nSPS) is 29.7. The van der Waals surface area contributed by atoms with E-state index in [1.807, 2.05) is 36.4 Å². The van der Waals surface area contributed by atoms with Gasteiger partial charge in [-0.15, -0.1) is 29.8 Å². The molecule has 0 spiro atoms. The fourth-order valence-corrected chi connectivity index (χ4v) is 2.49. The molecule has 0 bridgehead atoms. The second-order valence-corrected chi connectivity index (χ2v) is 4.91. The molecule has 1 fully saturated rings. The monoisotopic (exact) mass is 212 g/mol. The Bertz CT molecular complexity index is 329. The Labute approximate surface area is 88.2 Å². The standard InChI is InChI=1S/C11H10Cl2/c1-2-10(8-11(10,12)13)9-6-4-3-5-7-9/h2-7H,1,8H2. The third-order valence-corrected chi connectivity index (χ3v) is 3.61. The van der Waals surface area contributed by atoms with Crippen molar-refractivity contribution in [3.8, 4) is 0 Å². The van der Waals surface area contributed by atoms with E-state index in [9.17, 15) is 0 Å². The molecule has 1 aliphatic rings. The largest absolute Gasteiger partial charge is 0.132 e. The molecule has 1 aromatic carbocycles. The minimum atomic E-state index is -0.657. The zero-order chi connectivity index (χ0) is 9.53. The molecule has 0 saturated heterocycles. The summed E-state index contributed by atoms with van der Waals surface area (Å²) in [6.07, 6.45) is 2.61. The Kier molecular flexibility index (Phi) is 1.94. The molecule has 1 saturated carbocycles. The number of hydrogen-bond donors (Lipinski definition) is 0. The Morgan fingerprint density at radius 3 is 2.15 bits per heavy atom. The van der Waals surface area contributed by atoms with Crippen LogP contribution in [0, 0.1) is 0 Å². The second kappa shape index (κ2) is 2.76. The number of halogens is 2. The molecule has 2 heteroatoms. The first kappa shape index (κ1) is 9.11. The highest BCUT2D eigenvalue weighted by molar-refractivity contribution is 6.52. The fourth-order valence-electron chi connectivity index (χ4n) is 1.69. The van der Waals surface area contributed by atoms with Crippen molar-refractivity contribution in [2.45, 2.75) is 16.2 Å². The minimum Gasteiger partial charge on any atom is -0.102 e. The average Bonchev–Trinajstić information content (AvgIpc) is 2.72. The maximum atomic E-state index is 6.09. The van der Waals surface area contributed by atoms with Gasteiger partial charge in [0.15, 0.2) is 0 Å². The van der Waals surface area contributed by atoms with Gasteiger partial charge in [-0.2, -0.15) is 0 Å². The number of alkyl halides is 2. The highest BCUT2D eigenvalue weighted by atomic mass is 35.5. The lowest BCUT2D eigenvalue weighted by Gasteiger charge is -2.12. The summed E-state index contributed by atoms with van der Waals surface area (Å²) < 4.78 is -0.657. The Morgan fingerprint density at radius 2 is 1.77 bits per heavy atom. The van der Waals surface area contributed by atoms with E-state index < -0.39 is 4.33 Å². The molecule has 0 amide bonds. The maximum absolute atomic E-state index is 6.09. The summed E-state index contributed by atoms with van der Waals surface area (Å²) in [6, 6.07) is 10.0. The van der Waals surface area contributed by atoms with Crippen molar-refractivity contribution in [3.63, 3.8) is 0 Å². The van der Waals surface area contributed by atoms with Crippen molar-refractivity contribution in [2.75, 3.05) is 0 Å². The first-order valence-corrected chi connectivity index (χ1v) is 4.95. The van der Waals surface area contributed by atoms with Crippen LogP contribution in [0.5, 0.6) is 0 Å². The van der Waals surface area contributed by atoms with Crippen molar-refractivity contribution >= 4 is 23.2 Å². The van der Waals surface area contributed by atoms with Gasteiger partial charge in [0.05, 0.1) is 0 Å². The molecule has 13 heavy (non-hydrogen) atoms. The molecule has 0 aliphatic heterocycles. The molecular formula is C11H10Cl2. The summed E-state index contributed by atoms with van der Waals surface area (Å²) in [4.78, 5) is 0. The van der Waals surface area contributed by atoms with Crippen molar-refractivity contribution in [2.24, 2.45) is 0 Å². The Hall–Kier alpha value is -0.460. The third-order valence-electron chi connectivity index (χ3n) is 2.67. The number of allylic oxidation sites excluding steroid dienone is 1. The highest BCUT2D eigenvalue weighted by Gasteiger charge is 2.65. The van der Waals surface area contributed by atoms with Gasteiger partial charge in [0.25, 0.3) is 0 Å². The van der Waals surface area contributed by atoms with Crippen LogP contribution in [-0.2, 0) is 5.41 Å². The van der Waals surface area contributed by atoms with Crippen molar-refractivity contribution in [1.29, 1.82) is 0 Å². The highest BCUT2D eigenvalue weighted by Crippen LogP contribution is 2.65. The van der Waals surface area contributed by atoms with Crippen LogP contribution >= 0.6 is 23.2 Å². The van der Waals surface area contributed by atoms with Gasteiger partial charge in [0.1, 0.15) is 4.33 Å². The number of benzene rings is 1. The van der Waals surface area contributed by atoms with Crippen molar-refractivity contribution < 1.29 is 0 Å². The zero-order valence-electron chi connectivity index (χ0n) is 7.13. The number of hydrogen-bond acceptors (Lipinski definition) is 0. The van der Waals surface area contributed by atoms with Crippen LogP contribution in [0.3, 0.4) is 0 Å². The fraction of sp³-hybridized carbons (Fsp3) is 0.273. The summed E-state index contributed by atoms with van der Waals surface area (Å²) >= 11 is 12.2. The topological polar surface area (TPSA) is 0 Å². The van der Waals surface area contributed by atoms with Gasteiger partial charge >= 0.3 is 0 Å². The van der Waals surface area contributed by atoms with Gasteiger partial charge in [0.2, 0.25) is 0 Å². The van der Waals surface area contributed by atoms with Crippen LogP contribution in [0.25, 0.3) is 0 Å². The van der Waals surface area contributed by atoms with Crippen LogP contribution in [-0.4, -0.2) is 4.33 Å². The molecule has 1 aromatic rings. The van der Waals surface area contributed by atoms with Gasteiger partial charge in [-0.1, -0.05) is 36.4 Å². The van der Waals surface area contributed by atoms with Gasteiger partial charge in [-0.25, -0.2) is 0 Å². The molecular weight excluding hydrogens is 203 g/mol. The molecule has 0 nitrogen and oxygen atoms in total. The molecule has 1 aliphatic carbocycles. The van der Waals surface area contributed by atoms with E-state index in [-0.39, 0.29) is 5.41 Å². The zero-order valence-corrected chi connectivity index (χ0v) is 8.65. The predicted octanol–water partition coefficient (Wildman–Crippen LogP) is 3.69. The summed E-state index contributed by atoms with van der Waals surface area (Å²) in [5.41, 5.74) is 0.923. The molecule has 0 N–H and O–H groups in total. The van der Waals surface area contributed by atoms with Gasteiger partial charge in [-0.05, 0) is 12.0 Å². The van der Waals surface area contributed by atoms with E-state index >= 15 is 0 Å². The Morgan fingerprint density at radius 1 is 1.23 bits per heavy atom. The summed E-state index contributed by atoms with van der Waals surface area (Å²) in [6.45, 7) is 3.80. The Balaban J connectivity index is 2.42. The van der Waals surface area contributed by atoms with Crippen molar-refractivity contribution in [3.05, 3.63) is 48.6 Å². The minimum absolute atomic E-state index is 0.225. The first-order chi connectivity index (χ1) is 6.12. The lowest BCUT2D eigenvalue weighted by atomic mass is 9.96. The smallest absolute Gasteiger partial charge is 0.102 e. The summed E-state index contributed by atoms with van der Waals surface area (Å²) in [7, 11) is 0. The average molecular weight is 213 g/mol. The third kappa shape index (κ3) is 1.20. The molecule has 68 valence electrons. The van der Waals surface area contributed by atoms with Crippen LogP contribution < -0.4 is 0 Å². The molecule has 0 aromatic heterocycles. The van der Waals surface area contributed by atoms with Gasteiger partial charge in [-0.3, -0.25) is 0 Å². The summed E-state index contributed by atoms with van der Waals surface area (Å²) in [5, 5.41) is 0. The van der Waals surface area contributed by atoms with E-state index in [1.54, 1.807) is 0 Å². The molecule has 0 heterocycles. The molecule has 2 rings (SSSR count). The predicted molar refractivity (Wildman–Crippen MR) is 57.4 cm³/mol.